The van der Waals surface area contributed by atoms with Crippen LogP contribution in [0.1, 0.15) is 68.1 Å². The van der Waals surface area contributed by atoms with Crippen molar-refractivity contribution in [3.63, 3.8) is 0 Å². The maximum atomic E-state index is 15.0. The molecule has 0 saturated carbocycles. The van der Waals surface area contributed by atoms with E-state index < -0.39 is 17.3 Å². The SMILES string of the molecule is CC(C)(C)OC(=O)N1CCC(CN2CCC(C(=O)N3CCN(C(=O)c4cc(Cc5n[nH]c(=O)c6ccccc56)ccc4F)CC3)CC2)CC1. The molecule has 0 atom stereocenters. The molecule has 4 heterocycles. The fraction of sp³-hybridized carbons (Fsp3) is 0.541. The smallest absolute Gasteiger partial charge is 0.410 e. The number of nitrogens with one attached hydrogen (secondary N) is 1. The summed E-state index contributed by atoms with van der Waals surface area (Å²) in [6, 6.07) is 11.7. The molecule has 12 heteroatoms. The molecule has 3 aliphatic heterocycles. The quantitative estimate of drug-likeness (QED) is 0.414. The van der Waals surface area contributed by atoms with Crippen LogP contribution in [-0.4, -0.2) is 112 Å². The number of carbonyl (C=O) groups is 3. The summed E-state index contributed by atoms with van der Waals surface area (Å²) in [5.74, 6) is -0.337. The first kappa shape index (κ1) is 34.5. The molecule has 3 saturated heterocycles. The Morgan fingerprint density at radius 2 is 1.51 bits per heavy atom. The van der Waals surface area contributed by atoms with E-state index in [0.29, 0.717) is 73.6 Å². The van der Waals surface area contributed by atoms with Gasteiger partial charge in [-0.2, -0.15) is 5.10 Å². The molecule has 262 valence electrons. The standard InChI is InChI=1S/C37H47FN6O5/c1-37(2,3)49-36(48)44-16-10-25(11-17-44)24-41-14-12-27(13-15-41)34(46)42-18-20-43(21-19-42)35(47)30-22-26(8-9-31(30)38)23-32-28-6-4-5-7-29(28)33(45)40-39-32/h4-9,22,25,27H,10-21,23-24H2,1-3H3,(H,40,45). The van der Waals surface area contributed by atoms with E-state index in [1.165, 1.54) is 6.07 Å². The summed E-state index contributed by atoms with van der Waals surface area (Å²) in [7, 11) is 0. The highest BCUT2D eigenvalue weighted by molar-refractivity contribution is 5.95. The van der Waals surface area contributed by atoms with Gasteiger partial charge in [-0.1, -0.05) is 24.3 Å². The number of likely N-dealkylation sites (tertiary alicyclic amines) is 2. The van der Waals surface area contributed by atoms with Gasteiger partial charge < -0.3 is 24.3 Å². The highest BCUT2D eigenvalue weighted by Gasteiger charge is 2.34. The Kier molecular flexibility index (Phi) is 10.3. The number of halogens is 1. The lowest BCUT2D eigenvalue weighted by Crippen LogP contribution is -2.53. The molecule has 11 nitrogen and oxygen atoms in total. The monoisotopic (exact) mass is 674 g/mol. The number of ether oxygens (including phenoxy) is 1. The predicted octanol–water partition coefficient (Wildman–Crippen LogP) is 4.30. The summed E-state index contributed by atoms with van der Waals surface area (Å²) in [6.07, 6.45) is 3.63. The number of hydrogen-bond donors (Lipinski definition) is 1. The van der Waals surface area contributed by atoms with E-state index in [1.54, 1.807) is 29.2 Å². The number of piperazine rings is 1. The van der Waals surface area contributed by atoms with Crippen molar-refractivity contribution >= 4 is 28.7 Å². The van der Waals surface area contributed by atoms with E-state index in [1.807, 2.05) is 42.7 Å². The van der Waals surface area contributed by atoms with E-state index in [2.05, 4.69) is 15.1 Å². The van der Waals surface area contributed by atoms with Gasteiger partial charge >= 0.3 is 6.09 Å². The topological polar surface area (TPSA) is 119 Å². The number of carbonyl (C=O) groups excluding carboxylic acids is 3. The molecule has 0 aliphatic carbocycles. The molecule has 3 fully saturated rings. The minimum atomic E-state index is -0.591. The lowest BCUT2D eigenvalue weighted by Gasteiger charge is -2.40. The zero-order chi connectivity index (χ0) is 34.7. The summed E-state index contributed by atoms with van der Waals surface area (Å²) >= 11 is 0. The second kappa shape index (κ2) is 14.7. The highest BCUT2D eigenvalue weighted by atomic mass is 19.1. The van der Waals surface area contributed by atoms with Gasteiger partial charge in [0.05, 0.1) is 16.6 Å². The average molecular weight is 675 g/mol. The Balaban J connectivity index is 0.961. The highest BCUT2D eigenvalue weighted by Crippen LogP contribution is 2.26. The number of amides is 3. The van der Waals surface area contributed by atoms with Gasteiger partial charge in [0.1, 0.15) is 11.4 Å². The third kappa shape index (κ3) is 8.29. The molecule has 0 unspecified atom stereocenters. The van der Waals surface area contributed by atoms with E-state index >= 15 is 0 Å². The number of nitrogens with zero attached hydrogens (tertiary/aromatic N) is 5. The molecule has 3 aromatic rings. The van der Waals surface area contributed by atoms with Crippen molar-refractivity contribution in [3.8, 4) is 0 Å². The Bertz CT molecular complexity index is 1730. The van der Waals surface area contributed by atoms with Crippen LogP contribution in [0.2, 0.25) is 0 Å². The molecule has 2 aromatic carbocycles. The van der Waals surface area contributed by atoms with Crippen LogP contribution in [0, 0.1) is 17.7 Å². The summed E-state index contributed by atoms with van der Waals surface area (Å²) in [5.41, 5.74) is 0.576. The first-order valence-corrected chi connectivity index (χ1v) is 17.5. The lowest BCUT2D eigenvalue weighted by atomic mass is 9.92. The molecule has 49 heavy (non-hydrogen) atoms. The lowest BCUT2D eigenvalue weighted by molar-refractivity contribution is -0.138. The number of aromatic nitrogens is 2. The van der Waals surface area contributed by atoms with Gasteiger partial charge in [-0.3, -0.25) is 14.4 Å². The average Bonchev–Trinajstić information content (AvgIpc) is 3.10. The van der Waals surface area contributed by atoms with Crippen molar-refractivity contribution < 1.29 is 23.5 Å². The van der Waals surface area contributed by atoms with Crippen LogP contribution in [0.5, 0.6) is 0 Å². The zero-order valence-electron chi connectivity index (χ0n) is 28.8. The molecule has 1 aromatic heterocycles. The number of fused-ring (bicyclic) bond motifs is 1. The van der Waals surface area contributed by atoms with Crippen LogP contribution in [0.3, 0.4) is 0 Å². The van der Waals surface area contributed by atoms with Crippen molar-refractivity contribution in [1.29, 1.82) is 0 Å². The van der Waals surface area contributed by atoms with Gasteiger partial charge in [0.15, 0.2) is 0 Å². The van der Waals surface area contributed by atoms with Gasteiger partial charge in [0.25, 0.3) is 11.5 Å². The van der Waals surface area contributed by atoms with Gasteiger partial charge in [-0.25, -0.2) is 14.3 Å². The van der Waals surface area contributed by atoms with Crippen molar-refractivity contribution in [2.45, 2.75) is 58.5 Å². The second-order valence-electron chi connectivity index (χ2n) is 14.6. The molecule has 6 rings (SSSR count). The summed E-state index contributed by atoms with van der Waals surface area (Å²) < 4.78 is 20.5. The number of benzene rings is 2. The van der Waals surface area contributed by atoms with Crippen LogP contribution < -0.4 is 5.56 Å². The molecule has 0 radical (unpaired) electrons. The summed E-state index contributed by atoms with van der Waals surface area (Å²) in [6.45, 7) is 11.4. The Morgan fingerprint density at radius 1 is 0.857 bits per heavy atom. The summed E-state index contributed by atoms with van der Waals surface area (Å²) in [5, 5.41) is 7.98. The van der Waals surface area contributed by atoms with Crippen molar-refractivity contribution in [2.24, 2.45) is 11.8 Å². The van der Waals surface area contributed by atoms with Gasteiger partial charge in [-0.15, -0.1) is 0 Å². The van der Waals surface area contributed by atoms with Crippen molar-refractivity contribution in [2.75, 3.05) is 58.9 Å². The van der Waals surface area contributed by atoms with E-state index in [9.17, 15) is 23.6 Å². The molecule has 1 N–H and O–H groups in total. The molecule has 0 bridgehead atoms. The number of piperidine rings is 2. The van der Waals surface area contributed by atoms with Crippen LogP contribution in [0.4, 0.5) is 9.18 Å². The predicted molar refractivity (Wildman–Crippen MR) is 184 cm³/mol. The van der Waals surface area contributed by atoms with E-state index in [0.717, 1.165) is 45.3 Å². The second-order valence-corrected chi connectivity index (χ2v) is 14.6. The summed E-state index contributed by atoms with van der Waals surface area (Å²) in [4.78, 5) is 59.2. The fourth-order valence-corrected chi connectivity index (χ4v) is 7.26. The number of rotatable bonds is 6. The Labute approximate surface area is 286 Å². The van der Waals surface area contributed by atoms with E-state index in [4.69, 9.17) is 4.74 Å². The minimum Gasteiger partial charge on any atom is -0.444 e. The van der Waals surface area contributed by atoms with Crippen LogP contribution in [0.15, 0.2) is 47.3 Å². The Hall–Kier alpha value is -4.32. The molecule has 3 aliphatic rings. The molecular weight excluding hydrogens is 627 g/mol. The zero-order valence-corrected chi connectivity index (χ0v) is 28.8. The van der Waals surface area contributed by atoms with Gasteiger partial charge in [0, 0.05) is 63.5 Å². The number of H-pyrrole nitrogens is 1. The fourth-order valence-electron chi connectivity index (χ4n) is 7.26. The van der Waals surface area contributed by atoms with Crippen LogP contribution >= 0.6 is 0 Å². The number of aromatic amines is 1. The van der Waals surface area contributed by atoms with Gasteiger partial charge in [0.2, 0.25) is 5.91 Å². The number of hydrogen-bond acceptors (Lipinski definition) is 7. The largest absolute Gasteiger partial charge is 0.444 e. The minimum absolute atomic E-state index is 0.00565. The first-order valence-electron chi connectivity index (χ1n) is 17.5. The maximum Gasteiger partial charge on any atom is 0.410 e. The molecular formula is C37H47FN6O5. The van der Waals surface area contributed by atoms with Crippen LogP contribution in [0.25, 0.3) is 10.8 Å². The third-order valence-electron chi connectivity index (χ3n) is 10.0. The third-order valence-corrected chi connectivity index (χ3v) is 10.0. The normalized spacial score (nSPS) is 18.6. The van der Waals surface area contributed by atoms with Crippen LogP contribution in [-0.2, 0) is 16.0 Å². The maximum absolute atomic E-state index is 15.0. The molecule has 3 amide bonds. The van der Waals surface area contributed by atoms with E-state index in [-0.39, 0.29) is 29.0 Å². The van der Waals surface area contributed by atoms with Gasteiger partial charge in [-0.05, 0) is 89.2 Å². The van der Waals surface area contributed by atoms with Crippen molar-refractivity contribution in [1.82, 2.24) is 29.8 Å². The molecule has 0 spiro atoms. The first-order chi connectivity index (χ1) is 23.4. The van der Waals surface area contributed by atoms with Crippen molar-refractivity contribution in [3.05, 3.63) is 75.5 Å². The Morgan fingerprint density at radius 3 is 2.18 bits per heavy atom.